The van der Waals surface area contributed by atoms with Crippen LogP contribution in [0, 0.1) is 0 Å². The number of benzene rings is 1. The van der Waals surface area contributed by atoms with Crippen LogP contribution in [-0.4, -0.2) is 36.7 Å². The van der Waals surface area contributed by atoms with Gasteiger partial charge in [-0.05, 0) is 37.5 Å². The second-order valence-electron chi connectivity index (χ2n) is 5.32. The second kappa shape index (κ2) is 5.71. The summed E-state index contributed by atoms with van der Waals surface area (Å²) in [4.78, 5) is 14.1. The third kappa shape index (κ3) is 2.72. The summed E-state index contributed by atoms with van der Waals surface area (Å²) in [6.07, 6.45) is 2.25. The maximum absolute atomic E-state index is 12.2. The Bertz CT molecular complexity index is 498. The summed E-state index contributed by atoms with van der Waals surface area (Å²) < 4.78 is 10.6. The number of amides is 1. The van der Waals surface area contributed by atoms with Gasteiger partial charge in [-0.3, -0.25) is 4.79 Å². The topological polar surface area (TPSA) is 50.8 Å². The number of ether oxygens (including phenoxy) is 2. The molecule has 3 rings (SSSR count). The number of likely N-dealkylation sites (tertiary alicyclic amines) is 1. The molecule has 1 fully saturated rings. The average Bonchev–Trinajstić information content (AvgIpc) is 3.13. The van der Waals surface area contributed by atoms with Gasteiger partial charge < -0.3 is 19.7 Å². The lowest BCUT2D eigenvalue weighted by Gasteiger charge is -2.21. The molecular weight excluding hydrogens is 256 g/mol. The van der Waals surface area contributed by atoms with E-state index in [1.165, 1.54) is 0 Å². The fourth-order valence-corrected chi connectivity index (χ4v) is 2.62. The van der Waals surface area contributed by atoms with Crippen molar-refractivity contribution < 1.29 is 14.3 Å². The molecule has 1 N–H and O–H groups in total. The molecule has 0 aromatic heterocycles. The van der Waals surface area contributed by atoms with Crippen molar-refractivity contribution >= 4 is 5.91 Å². The van der Waals surface area contributed by atoms with Crippen LogP contribution in [0.5, 0.6) is 11.5 Å². The Morgan fingerprint density at radius 3 is 2.85 bits per heavy atom. The zero-order chi connectivity index (χ0) is 13.9. The molecular formula is C15H20N2O3. The van der Waals surface area contributed by atoms with E-state index >= 15 is 0 Å². The normalized spacial score (nSPS) is 18.4. The van der Waals surface area contributed by atoms with Crippen molar-refractivity contribution in [2.75, 3.05) is 19.9 Å². The minimum atomic E-state index is -0.154. The van der Waals surface area contributed by atoms with E-state index in [4.69, 9.17) is 9.47 Å². The van der Waals surface area contributed by atoms with E-state index < -0.39 is 0 Å². The zero-order valence-electron chi connectivity index (χ0n) is 11.7. The maximum atomic E-state index is 12.2. The predicted molar refractivity (Wildman–Crippen MR) is 74.7 cm³/mol. The minimum Gasteiger partial charge on any atom is -0.454 e. The standard InChI is InChI=1S/C15H20N2O3/c1-11(15(18)17-6-2-3-7-17)16-9-12-4-5-13-14(8-12)20-10-19-13/h4-5,8,11,16H,2-3,6-7,9-10H2,1H3. The van der Waals surface area contributed by atoms with E-state index in [-0.39, 0.29) is 18.7 Å². The van der Waals surface area contributed by atoms with Gasteiger partial charge in [-0.1, -0.05) is 6.07 Å². The highest BCUT2D eigenvalue weighted by atomic mass is 16.7. The first-order chi connectivity index (χ1) is 9.74. The summed E-state index contributed by atoms with van der Waals surface area (Å²) in [6, 6.07) is 5.71. The molecule has 0 radical (unpaired) electrons. The number of carbonyl (C=O) groups is 1. The van der Waals surface area contributed by atoms with E-state index in [1.54, 1.807) is 0 Å². The van der Waals surface area contributed by atoms with Crippen LogP contribution >= 0.6 is 0 Å². The molecule has 5 nitrogen and oxygen atoms in total. The van der Waals surface area contributed by atoms with Gasteiger partial charge in [0.1, 0.15) is 0 Å². The molecule has 5 heteroatoms. The Kier molecular flexibility index (Phi) is 3.78. The van der Waals surface area contributed by atoms with Crippen LogP contribution in [0.15, 0.2) is 18.2 Å². The number of carbonyl (C=O) groups excluding carboxylic acids is 1. The third-order valence-electron chi connectivity index (χ3n) is 3.84. The molecule has 0 aliphatic carbocycles. The molecule has 0 spiro atoms. The molecule has 0 saturated carbocycles. The van der Waals surface area contributed by atoms with Crippen LogP contribution in [0.2, 0.25) is 0 Å². The van der Waals surface area contributed by atoms with Gasteiger partial charge in [0, 0.05) is 19.6 Å². The van der Waals surface area contributed by atoms with Crippen LogP contribution in [0.4, 0.5) is 0 Å². The van der Waals surface area contributed by atoms with Crippen LogP contribution in [0.3, 0.4) is 0 Å². The van der Waals surface area contributed by atoms with Crippen LogP contribution in [0.1, 0.15) is 25.3 Å². The highest BCUT2D eigenvalue weighted by Crippen LogP contribution is 2.32. The van der Waals surface area contributed by atoms with Crippen molar-refractivity contribution in [1.29, 1.82) is 0 Å². The van der Waals surface area contributed by atoms with Crippen molar-refractivity contribution in [3.05, 3.63) is 23.8 Å². The molecule has 2 aliphatic rings. The van der Waals surface area contributed by atoms with E-state index in [1.807, 2.05) is 30.0 Å². The van der Waals surface area contributed by atoms with Gasteiger partial charge in [-0.15, -0.1) is 0 Å². The predicted octanol–water partition coefficient (Wildman–Crippen LogP) is 1.52. The highest BCUT2D eigenvalue weighted by molar-refractivity contribution is 5.81. The van der Waals surface area contributed by atoms with Gasteiger partial charge in [-0.25, -0.2) is 0 Å². The van der Waals surface area contributed by atoms with Crippen LogP contribution in [-0.2, 0) is 11.3 Å². The summed E-state index contributed by atoms with van der Waals surface area (Å²) >= 11 is 0. The smallest absolute Gasteiger partial charge is 0.239 e. The molecule has 1 unspecified atom stereocenters. The van der Waals surface area contributed by atoms with Crippen LogP contribution < -0.4 is 14.8 Å². The molecule has 1 aromatic rings. The Hall–Kier alpha value is -1.75. The van der Waals surface area contributed by atoms with E-state index in [2.05, 4.69) is 5.32 Å². The lowest BCUT2D eigenvalue weighted by Crippen LogP contribution is -2.43. The minimum absolute atomic E-state index is 0.154. The monoisotopic (exact) mass is 276 g/mol. The lowest BCUT2D eigenvalue weighted by atomic mass is 10.2. The molecule has 20 heavy (non-hydrogen) atoms. The summed E-state index contributed by atoms with van der Waals surface area (Å²) in [5.74, 6) is 1.76. The number of nitrogens with one attached hydrogen (secondary N) is 1. The van der Waals surface area contributed by atoms with Crippen LogP contribution in [0.25, 0.3) is 0 Å². The van der Waals surface area contributed by atoms with Gasteiger partial charge in [0.25, 0.3) is 0 Å². The van der Waals surface area contributed by atoms with Crippen molar-refractivity contribution in [1.82, 2.24) is 10.2 Å². The summed E-state index contributed by atoms with van der Waals surface area (Å²) in [5, 5.41) is 3.28. The molecule has 1 amide bonds. The van der Waals surface area contributed by atoms with Gasteiger partial charge in [0.2, 0.25) is 12.7 Å². The van der Waals surface area contributed by atoms with E-state index in [0.717, 1.165) is 43.0 Å². The van der Waals surface area contributed by atoms with Crippen molar-refractivity contribution in [2.24, 2.45) is 0 Å². The Morgan fingerprint density at radius 2 is 2.05 bits per heavy atom. The molecule has 1 aromatic carbocycles. The Labute approximate surface area is 118 Å². The number of hydrogen-bond donors (Lipinski definition) is 1. The number of rotatable bonds is 4. The Morgan fingerprint density at radius 1 is 1.30 bits per heavy atom. The third-order valence-corrected chi connectivity index (χ3v) is 3.84. The Balaban J connectivity index is 1.54. The van der Waals surface area contributed by atoms with E-state index in [0.29, 0.717) is 6.54 Å². The summed E-state index contributed by atoms with van der Waals surface area (Å²) in [7, 11) is 0. The van der Waals surface area contributed by atoms with Crippen molar-refractivity contribution in [3.8, 4) is 11.5 Å². The molecule has 0 bridgehead atoms. The SMILES string of the molecule is CC(NCc1ccc2c(c1)OCO2)C(=O)N1CCCC1. The fraction of sp³-hybridized carbons (Fsp3) is 0.533. The number of fused-ring (bicyclic) bond motifs is 1. The second-order valence-corrected chi connectivity index (χ2v) is 5.32. The quantitative estimate of drug-likeness (QED) is 0.906. The fourth-order valence-electron chi connectivity index (χ4n) is 2.62. The molecule has 2 aliphatic heterocycles. The number of hydrogen-bond acceptors (Lipinski definition) is 4. The van der Waals surface area contributed by atoms with Crippen molar-refractivity contribution in [2.45, 2.75) is 32.4 Å². The maximum Gasteiger partial charge on any atom is 0.239 e. The molecule has 1 saturated heterocycles. The van der Waals surface area contributed by atoms with E-state index in [9.17, 15) is 4.79 Å². The average molecular weight is 276 g/mol. The van der Waals surface area contributed by atoms with Gasteiger partial charge in [0.15, 0.2) is 11.5 Å². The highest BCUT2D eigenvalue weighted by Gasteiger charge is 2.22. The number of nitrogens with zero attached hydrogens (tertiary/aromatic N) is 1. The van der Waals surface area contributed by atoms with Gasteiger partial charge in [0.05, 0.1) is 6.04 Å². The molecule has 1 atom stereocenters. The molecule has 108 valence electrons. The first-order valence-corrected chi connectivity index (χ1v) is 7.15. The van der Waals surface area contributed by atoms with Gasteiger partial charge >= 0.3 is 0 Å². The first kappa shape index (κ1) is 13.2. The summed E-state index contributed by atoms with van der Waals surface area (Å²) in [5.41, 5.74) is 1.09. The summed E-state index contributed by atoms with van der Waals surface area (Å²) in [6.45, 7) is 4.66. The largest absolute Gasteiger partial charge is 0.454 e. The zero-order valence-corrected chi connectivity index (χ0v) is 11.7. The van der Waals surface area contributed by atoms with Gasteiger partial charge in [-0.2, -0.15) is 0 Å². The molecule has 2 heterocycles. The first-order valence-electron chi connectivity index (χ1n) is 7.15. The lowest BCUT2D eigenvalue weighted by molar-refractivity contribution is -0.131. The van der Waals surface area contributed by atoms with Crippen molar-refractivity contribution in [3.63, 3.8) is 0 Å².